The van der Waals surface area contributed by atoms with Crippen LogP contribution >= 0.6 is 0 Å². The number of halogens is 2. The summed E-state index contributed by atoms with van der Waals surface area (Å²) in [4.78, 5) is 16.0. The molecule has 2 N–H and O–H groups in total. The average Bonchev–Trinajstić information content (AvgIpc) is 2.52. The zero-order valence-corrected chi connectivity index (χ0v) is 12.6. The molecule has 122 valence electrons. The van der Waals surface area contributed by atoms with Gasteiger partial charge in [-0.25, -0.2) is 0 Å². The van der Waals surface area contributed by atoms with Crippen LogP contribution in [-0.2, 0) is 0 Å². The van der Waals surface area contributed by atoms with E-state index in [1.54, 1.807) is 12.4 Å². The summed E-state index contributed by atoms with van der Waals surface area (Å²) in [7, 11) is 0. The maximum atomic E-state index is 12.2. The maximum Gasteiger partial charge on any atom is 0.387 e. The van der Waals surface area contributed by atoms with E-state index in [0.717, 1.165) is 11.3 Å². The Labute approximate surface area is 132 Å². The Balaban J connectivity index is 1.82. The van der Waals surface area contributed by atoms with Crippen LogP contribution in [0.3, 0.4) is 0 Å². The van der Waals surface area contributed by atoms with E-state index >= 15 is 0 Å². The number of hydrogen-bond acceptors (Lipinski definition) is 4. The fraction of sp³-hybridized carbons (Fsp3) is 0.250. The molecule has 0 unspecified atom stereocenters. The minimum atomic E-state index is -2.92. The van der Waals surface area contributed by atoms with Crippen LogP contribution in [-0.4, -0.2) is 30.6 Å². The van der Waals surface area contributed by atoms with Crippen LogP contribution in [0, 0.1) is 6.92 Å². The lowest BCUT2D eigenvalue weighted by Gasteiger charge is -2.10. The molecule has 2 aromatic rings. The van der Waals surface area contributed by atoms with E-state index in [4.69, 9.17) is 0 Å². The van der Waals surface area contributed by atoms with Gasteiger partial charge in [-0.3, -0.25) is 9.78 Å². The molecule has 5 nitrogen and oxygen atoms in total. The molecule has 0 aliphatic carbocycles. The van der Waals surface area contributed by atoms with Crippen molar-refractivity contribution in [1.29, 1.82) is 0 Å². The number of carbonyl (C=O) groups excluding carboxylic acids is 1. The number of anilines is 1. The molecule has 7 heteroatoms. The summed E-state index contributed by atoms with van der Waals surface area (Å²) < 4.78 is 28.6. The number of amides is 1. The lowest BCUT2D eigenvalue weighted by molar-refractivity contribution is -0.0498. The van der Waals surface area contributed by atoms with Crippen LogP contribution in [0.1, 0.15) is 15.9 Å². The quantitative estimate of drug-likeness (QED) is 0.770. The van der Waals surface area contributed by atoms with Crippen LogP contribution in [0.25, 0.3) is 0 Å². The molecule has 1 aromatic heterocycles. The van der Waals surface area contributed by atoms with Gasteiger partial charge in [-0.15, -0.1) is 0 Å². The first-order valence-electron chi connectivity index (χ1n) is 7.04. The van der Waals surface area contributed by atoms with Gasteiger partial charge < -0.3 is 15.4 Å². The van der Waals surface area contributed by atoms with Crippen molar-refractivity contribution >= 4 is 11.6 Å². The second kappa shape index (κ2) is 8.07. The molecule has 0 atom stereocenters. The second-order valence-electron chi connectivity index (χ2n) is 4.78. The predicted octanol–water partition coefficient (Wildman–Crippen LogP) is 2.83. The molecule has 0 radical (unpaired) electrons. The summed E-state index contributed by atoms with van der Waals surface area (Å²) in [6.45, 7) is -0.0617. The van der Waals surface area contributed by atoms with Crippen molar-refractivity contribution in [2.75, 3.05) is 18.4 Å². The van der Waals surface area contributed by atoms with Crippen LogP contribution in [0.15, 0.2) is 42.7 Å². The molecule has 0 aliphatic rings. The number of benzene rings is 1. The highest BCUT2D eigenvalue weighted by atomic mass is 19.3. The van der Waals surface area contributed by atoms with Gasteiger partial charge in [0.2, 0.25) is 0 Å². The summed E-state index contributed by atoms with van der Waals surface area (Å²) in [5.74, 6) is -0.392. The zero-order chi connectivity index (χ0) is 16.7. The van der Waals surface area contributed by atoms with Gasteiger partial charge in [0.1, 0.15) is 5.75 Å². The number of ether oxygens (including phenoxy) is 1. The van der Waals surface area contributed by atoms with E-state index in [0.29, 0.717) is 13.1 Å². The average molecular weight is 321 g/mol. The van der Waals surface area contributed by atoms with E-state index < -0.39 is 6.61 Å². The predicted molar refractivity (Wildman–Crippen MR) is 82.9 cm³/mol. The number of pyridine rings is 1. The Kier molecular flexibility index (Phi) is 5.85. The number of nitrogens with zero attached hydrogens (tertiary/aromatic N) is 1. The monoisotopic (exact) mass is 321 g/mol. The van der Waals surface area contributed by atoms with E-state index in [9.17, 15) is 13.6 Å². The molecule has 0 fully saturated rings. The van der Waals surface area contributed by atoms with Crippen molar-refractivity contribution in [3.8, 4) is 5.75 Å². The summed E-state index contributed by atoms with van der Waals surface area (Å²) in [6, 6.07) is 7.53. The van der Waals surface area contributed by atoms with Gasteiger partial charge >= 0.3 is 6.61 Å². The third kappa shape index (κ3) is 5.21. The second-order valence-corrected chi connectivity index (χ2v) is 4.78. The Morgan fingerprint density at radius 1 is 1.30 bits per heavy atom. The van der Waals surface area contributed by atoms with Crippen molar-refractivity contribution in [1.82, 2.24) is 10.3 Å². The fourth-order valence-electron chi connectivity index (χ4n) is 1.96. The number of nitrogens with one attached hydrogen (secondary N) is 2. The smallest absolute Gasteiger partial charge is 0.387 e. The first-order valence-corrected chi connectivity index (χ1v) is 7.04. The van der Waals surface area contributed by atoms with Crippen molar-refractivity contribution in [3.05, 3.63) is 53.9 Å². The van der Waals surface area contributed by atoms with Gasteiger partial charge in [0, 0.05) is 36.7 Å². The highest BCUT2D eigenvalue weighted by Crippen LogP contribution is 2.16. The van der Waals surface area contributed by atoms with Crippen molar-refractivity contribution in [3.63, 3.8) is 0 Å². The standard InChI is InChI=1S/C16H17F2N3O2/c1-11-10-19-6-5-14(11)20-7-8-21-15(22)12-3-2-4-13(9-12)23-16(17)18/h2-6,9-10,16H,7-8H2,1H3,(H,19,20)(H,21,22). The van der Waals surface area contributed by atoms with Gasteiger partial charge in [-0.2, -0.15) is 8.78 Å². The third-order valence-electron chi connectivity index (χ3n) is 3.07. The lowest BCUT2D eigenvalue weighted by Crippen LogP contribution is -2.28. The summed E-state index contributed by atoms with van der Waals surface area (Å²) >= 11 is 0. The molecular weight excluding hydrogens is 304 g/mol. The fourth-order valence-corrected chi connectivity index (χ4v) is 1.96. The van der Waals surface area contributed by atoms with Crippen molar-refractivity contribution in [2.45, 2.75) is 13.5 Å². The van der Waals surface area contributed by atoms with Crippen LogP contribution in [0.4, 0.5) is 14.5 Å². The topological polar surface area (TPSA) is 63.2 Å². The van der Waals surface area contributed by atoms with E-state index in [1.807, 2.05) is 13.0 Å². The highest BCUT2D eigenvalue weighted by Gasteiger charge is 2.09. The summed E-state index contributed by atoms with van der Waals surface area (Å²) in [6.07, 6.45) is 3.43. The number of aryl methyl sites for hydroxylation is 1. The van der Waals surface area contributed by atoms with Gasteiger partial charge in [0.15, 0.2) is 0 Å². The summed E-state index contributed by atoms with van der Waals surface area (Å²) in [5, 5.41) is 5.89. The maximum absolute atomic E-state index is 12.2. The van der Waals surface area contributed by atoms with E-state index in [2.05, 4.69) is 20.4 Å². The molecule has 1 amide bonds. The van der Waals surface area contributed by atoms with Gasteiger partial charge in [-0.05, 0) is 36.8 Å². The molecule has 0 saturated carbocycles. The molecule has 0 aliphatic heterocycles. The van der Waals surface area contributed by atoms with Crippen molar-refractivity contribution in [2.24, 2.45) is 0 Å². The number of rotatable bonds is 7. The minimum absolute atomic E-state index is 0.0433. The largest absolute Gasteiger partial charge is 0.435 e. The Hall–Kier alpha value is -2.70. The number of aromatic nitrogens is 1. The Bertz CT molecular complexity index is 665. The van der Waals surface area contributed by atoms with Crippen LogP contribution < -0.4 is 15.4 Å². The molecular formula is C16H17F2N3O2. The Morgan fingerprint density at radius 2 is 2.13 bits per heavy atom. The molecule has 0 bridgehead atoms. The van der Waals surface area contributed by atoms with Crippen molar-refractivity contribution < 1.29 is 18.3 Å². The SMILES string of the molecule is Cc1cnccc1NCCNC(=O)c1cccc(OC(F)F)c1. The molecule has 1 aromatic carbocycles. The highest BCUT2D eigenvalue weighted by molar-refractivity contribution is 5.94. The van der Waals surface area contributed by atoms with E-state index in [-0.39, 0.29) is 17.2 Å². The molecule has 23 heavy (non-hydrogen) atoms. The normalized spacial score (nSPS) is 10.4. The number of alkyl halides is 2. The van der Waals surface area contributed by atoms with Gasteiger partial charge in [-0.1, -0.05) is 6.07 Å². The summed E-state index contributed by atoms with van der Waals surface area (Å²) in [5.41, 5.74) is 2.22. The van der Waals surface area contributed by atoms with E-state index in [1.165, 1.54) is 24.3 Å². The minimum Gasteiger partial charge on any atom is -0.435 e. The molecule has 1 heterocycles. The zero-order valence-electron chi connectivity index (χ0n) is 12.6. The molecule has 0 spiro atoms. The van der Waals surface area contributed by atoms with Gasteiger partial charge in [0.25, 0.3) is 5.91 Å². The first kappa shape index (κ1) is 16.7. The lowest BCUT2D eigenvalue weighted by atomic mass is 10.2. The molecule has 2 rings (SSSR count). The number of hydrogen-bond donors (Lipinski definition) is 2. The molecule has 0 saturated heterocycles. The Morgan fingerprint density at radius 3 is 2.87 bits per heavy atom. The third-order valence-corrected chi connectivity index (χ3v) is 3.07. The van der Waals surface area contributed by atoms with Crippen LogP contribution in [0.2, 0.25) is 0 Å². The van der Waals surface area contributed by atoms with Crippen LogP contribution in [0.5, 0.6) is 5.75 Å². The number of carbonyl (C=O) groups is 1. The van der Waals surface area contributed by atoms with Gasteiger partial charge in [0.05, 0.1) is 0 Å². The first-order chi connectivity index (χ1) is 11.1.